The van der Waals surface area contributed by atoms with Crippen molar-refractivity contribution in [3.63, 3.8) is 0 Å². The normalized spacial score (nSPS) is 10.1. The van der Waals surface area contributed by atoms with Crippen LogP contribution in [-0.2, 0) is 9.53 Å². The SMILES string of the molecule is CCCOC(=O)c1ccc(N)c(OCC(=O)Nc2ccccc2OCC)c1. The number of nitrogens with two attached hydrogens (primary N) is 1. The number of hydrogen-bond donors (Lipinski definition) is 2. The van der Waals surface area contributed by atoms with E-state index in [0.717, 1.165) is 6.42 Å². The summed E-state index contributed by atoms with van der Waals surface area (Å²) in [6.45, 7) is 4.33. The molecule has 0 saturated carbocycles. The molecule has 144 valence electrons. The number of ether oxygens (including phenoxy) is 3. The first kappa shape index (κ1) is 20.1. The predicted molar refractivity (Wildman–Crippen MR) is 103 cm³/mol. The summed E-state index contributed by atoms with van der Waals surface area (Å²) < 4.78 is 16.0. The van der Waals surface area contributed by atoms with Crippen molar-refractivity contribution in [2.75, 3.05) is 30.9 Å². The Morgan fingerprint density at radius 2 is 1.81 bits per heavy atom. The fourth-order valence-corrected chi connectivity index (χ4v) is 2.25. The molecular formula is C20H24N2O5. The topological polar surface area (TPSA) is 99.9 Å². The number of rotatable bonds is 9. The molecule has 0 fully saturated rings. The zero-order chi connectivity index (χ0) is 19.6. The summed E-state index contributed by atoms with van der Waals surface area (Å²) in [6.07, 6.45) is 0.730. The van der Waals surface area contributed by atoms with Gasteiger partial charge in [0, 0.05) is 0 Å². The summed E-state index contributed by atoms with van der Waals surface area (Å²) in [5, 5.41) is 2.73. The molecule has 2 aromatic rings. The van der Waals surface area contributed by atoms with Crippen LogP contribution in [-0.4, -0.2) is 31.7 Å². The van der Waals surface area contributed by atoms with Crippen LogP contribution in [0.5, 0.6) is 11.5 Å². The van der Waals surface area contributed by atoms with Gasteiger partial charge in [0.05, 0.1) is 30.2 Å². The molecule has 0 heterocycles. The van der Waals surface area contributed by atoms with Gasteiger partial charge in [0.2, 0.25) is 0 Å². The van der Waals surface area contributed by atoms with Crippen molar-refractivity contribution in [2.24, 2.45) is 0 Å². The van der Waals surface area contributed by atoms with E-state index in [-0.39, 0.29) is 18.3 Å². The highest BCUT2D eigenvalue weighted by Crippen LogP contribution is 2.25. The van der Waals surface area contributed by atoms with Crippen LogP contribution in [0.2, 0.25) is 0 Å². The van der Waals surface area contributed by atoms with Gasteiger partial charge in [-0.3, -0.25) is 4.79 Å². The Labute approximate surface area is 158 Å². The van der Waals surface area contributed by atoms with Crippen molar-refractivity contribution in [3.8, 4) is 11.5 Å². The lowest BCUT2D eigenvalue weighted by Crippen LogP contribution is -2.21. The Kier molecular flexibility index (Phi) is 7.49. The number of anilines is 2. The van der Waals surface area contributed by atoms with Gasteiger partial charge in [-0.2, -0.15) is 0 Å². The maximum Gasteiger partial charge on any atom is 0.338 e. The predicted octanol–water partition coefficient (Wildman–Crippen LogP) is 3.25. The molecule has 7 nitrogen and oxygen atoms in total. The number of esters is 1. The highest BCUT2D eigenvalue weighted by Gasteiger charge is 2.13. The Balaban J connectivity index is 1.99. The minimum Gasteiger partial charge on any atom is -0.492 e. The summed E-state index contributed by atoms with van der Waals surface area (Å²) in [4.78, 5) is 24.1. The maximum atomic E-state index is 12.2. The molecule has 7 heteroatoms. The molecule has 2 rings (SSSR count). The first-order valence-electron chi connectivity index (χ1n) is 8.76. The number of nitrogen functional groups attached to an aromatic ring is 1. The lowest BCUT2D eigenvalue weighted by molar-refractivity contribution is -0.118. The van der Waals surface area contributed by atoms with Crippen LogP contribution in [0, 0.1) is 0 Å². The van der Waals surface area contributed by atoms with E-state index in [1.54, 1.807) is 30.3 Å². The second-order valence-corrected chi connectivity index (χ2v) is 5.65. The van der Waals surface area contributed by atoms with Crippen LogP contribution in [0.25, 0.3) is 0 Å². The van der Waals surface area contributed by atoms with Gasteiger partial charge in [-0.25, -0.2) is 4.79 Å². The summed E-state index contributed by atoms with van der Waals surface area (Å²) in [7, 11) is 0. The molecular weight excluding hydrogens is 348 g/mol. The molecule has 0 spiro atoms. The number of nitrogens with one attached hydrogen (secondary N) is 1. The molecule has 0 aliphatic rings. The second kappa shape index (κ2) is 10.1. The highest BCUT2D eigenvalue weighted by atomic mass is 16.5. The van der Waals surface area contributed by atoms with Crippen molar-refractivity contribution in [1.82, 2.24) is 0 Å². The molecule has 1 amide bonds. The summed E-state index contributed by atoms with van der Waals surface area (Å²) in [5.41, 5.74) is 7.06. The van der Waals surface area contributed by atoms with Crippen molar-refractivity contribution in [1.29, 1.82) is 0 Å². The third-order valence-electron chi connectivity index (χ3n) is 3.51. The molecule has 0 atom stereocenters. The van der Waals surface area contributed by atoms with E-state index in [1.165, 1.54) is 6.07 Å². The molecule has 0 aromatic heterocycles. The largest absolute Gasteiger partial charge is 0.492 e. The van der Waals surface area contributed by atoms with E-state index in [2.05, 4.69) is 5.32 Å². The minimum absolute atomic E-state index is 0.245. The Hall–Kier alpha value is -3.22. The van der Waals surface area contributed by atoms with Crippen molar-refractivity contribution >= 4 is 23.3 Å². The Bertz CT molecular complexity index is 792. The summed E-state index contributed by atoms with van der Waals surface area (Å²) in [5.74, 6) is -0.0139. The smallest absolute Gasteiger partial charge is 0.338 e. The third-order valence-corrected chi connectivity index (χ3v) is 3.51. The fraction of sp³-hybridized carbons (Fsp3) is 0.300. The fourth-order valence-electron chi connectivity index (χ4n) is 2.25. The van der Waals surface area contributed by atoms with Crippen molar-refractivity contribution in [3.05, 3.63) is 48.0 Å². The van der Waals surface area contributed by atoms with Gasteiger partial charge in [-0.15, -0.1) is 0 Å². The Morgan fingerprint density at radius 1 is 1.04 bits per heavy atom. The van der Waals surface area contributed by atoms with E-state index in [0.29, 0.717) is 35.9 Å². The molecule has 0 aliphatic heterocycles. The van der Waals surface area contributed by atoms with Gasteiger partial charge in [0.1, 0.15) is 11.5 Å². The zero-order valence-electron chi connectivity index (χ0n) is 15.5. The van der Waals surface area contributed by atoms with Gasteiger partial charge in [0.15, 0.2) is 6.61 Å². The van der Waals surface area contributed by atoms with Crippen LogP contribution in [0.1, 0.15) is 30.6 Å². The number of carbonyl (C=O) groups excluding carboxylic acids is 2. The van der Waals surface area contributed by atoms with Crippen LogP contribution >= 0.6 is 0 Å². The van der Waals surface area contributed by atoms with Crippen LogP contribution in [0.4, 0.5) is 11.4 Å². The molecule has 0 radical (unpaired) electrons. The van der Waals surface area contributed by atoms with E-state index in [4.69, 9.17) is 19.9 Å². The molecule has 0 aliphatic carbocycles. The molecule has 0 bridgehead atoms. The van der Waals surface area contributed by atoms with Crippen LogP contribution in [0.3, 0.4) is 0 Å². The van der Waals surface area contributed by atoms with E-state index in [1.807, 2.05) is 19.9 Å². The number of carbonyl (C=O) groups is 2. The van der Waals surface area contributed by atoms with E-state index < -0.39 is 5.97 Å². The molecule has 3 N–H and O–H groups in total. The van der Waals surface area contributed by atoms with E-state index in [9.17, 15) is 9.59 Å². The first-order valence-corrected chi connectivity index (χ1v) is 8.76. The molecule has 0 saturated heterocycles. The maximum absolute atomic E-state index is 12.2. The molecule has 0 unspecified atom stereocenters. The van der Waals surface area contributed by atoms with Crippen molar-refractivity contribution < 1.29 is 23.8 Å². The number of benzene rings is 2. The van der Waals surface area contributed by atoms with Crippen molar-refractivity contribution in [2.45, 2.75) is 20.3 Å². The third kappa shape index (κ3) is 5.91. The lowest BCUT2D eigenvalue weighted by atomic mass is 10.2. The first-order chi connectivity index (χ1) is 13.0. The van der Waals surface area contributed by atoms with Gasteiger partial charge in [-0.05, 0) is 43.7 Å². The lowest BCUT2D eigenvalue weighted by Gasteiger charge is -2.13. The highest BCUT2D eigenvalue weighted by molar-refractivity contribution is 5.93. The monoisotopic (exact) mass is 372 g/mol. The Morgan fingerprint density at radius 3 is 2.56 bits per heavy atom. The molecule has 27 heavy (non-hydrogen) atoms. The van der Waals surface area contributed by atoms with Crippen LogP contribution < -0.4 is 20.5 Å². The number of hydrogen-bond acceptors (Lipinski definition) is 6. The second-order valence-electron chi connectivity index (χ2n) is 5.65. The summed E-state index contributed by atoms with van der Waals surface area (Å²) >= 11 is 0. The van der Waals surface area contributed by atoms with Crippen LogP contribution in [0.15, 0.2) is 42.5 Å². The number of amides is 1. The quantitative estimate of drug-likeness (QED) is 0.518. The standard InChI is InChI=1S/C20H24N2O5/c1-3-11-26-20(24)14-9-10-15(21)18(12-14)27-13-19(23)22-16-7-5-6-8-17(16)25-4-2/h5-10,12H,3-4,11,13,21H2,1-2H3,(H,22,23). The van der Waals surface area contributed by atoms with E-state index >= 15 is 0 Å². The molecule has 2 aromatic carbocycles. The van der Waals surface area contributed by atoms with Gasteiger partial charge < -0.3 is 25.3 Å². The summed E-state index contributed by atoms with van der Waals surface area (Å²) in [6, 6.07) is 11.7. The average molecular weight is 372 g/mol. The van der Waals surface area contributed by atoms with Gasteiger partial charge in [-0.1, -0.05) is 19.1 Å². The average Bonchev–Trinajstić information content (AvgIpc) is 2.67. The minimum atomic E-state index is -0.461. The van der Waals surface area contributed by atoms with Gasteiger partial charge >= 0.3 is 5.97 Å². The number of para-hydroxylation sites is 2. The van der Waals surface area contributed by atoms with Gasteiger partial charge in [0.25, 0.3) is 5.91 Å². The zero-order valence-corrected chi connectivity index (χ0v) is 15.5.